The summed E-state index contributed by atoms with van der Waals surface area (Å²) >= 11 is 5.94. The third-order valence-electron chi connectivity index (χ3n) is 2.80. The third-order valence-corrected chi connectivity index (χ3v) is 2.97. The van der Waals surface area contributed by atoms with E-state index in [1.165, 1.54) is 0 Å². The maximum absolute atomic E-state index is 9.26. The van der Waals surface area contributed by atoms with Crippen LogP contribution >= 0.6 is 11.6 Å². The van der Waals surface area contributed by atoms with Gasteiger partial charge >= 0.3 is 0 Å². The number of benzene rings is 1. The van der Waals surface area contributed by atoms with E-state index in [9.17, 15) is 5.11 Å². The summed E-state index contributed by atoms with van der Waals surface area (Å²) in [7, 11) is 0. The summed E-state index contributed by atoms with van der Waals surface area (Å²) < 4.78 is 0. The third kappa shape index (κ3) is 4.54. The Labute approximate surface area is 128 Å². The molecule has 0 aliphatic heterocycles. The number of rotatable bonds is 7. The Morgan fingerprint density at radius 2 is 1.95 bits per heavy atom. The molecule has 0 unspecified atom stereocenters. The number of aliphatic hydroxyl groups excluding tert-OH is 1. The van der Waals surface area contributed by atoms with Crippen molar-refractivity contribution < 1.29 is 5.11 Å². The highest BCUT2D eigenvalue weighted by Gasteiger charge is 2.13. The summed E-state index contributed by atoms with van der Waals surface area (Å²) in [5, 5.41) is 12.4. The summed E-state index contributed by atoms with van der Waals surface area (Å²) in [6.07, 6.45) is 0. The van der Waals surface area contributed by atoms with E-state index in [0.717, 1.165) is 5.56 Å². The molecule has 112 valence electrons. The summed E-state index contributed by atoms with van der Waals surface area (Å²) in [6.45, 7) is 3.66. The average Bonchev–Trinajstić information content (AvgIpc) is 2.48. The first kappa shape index (κ1) is 15.5. The van der Waals surface area contributed by atoms with Gasteiger partial charge in [0.15, 0.2) is 0 Å². The molecular formula is C14H18ClN5O. The Kier molecular flexibility index (Phi) is 5.71. The molecule has 2 rings (SSSR count). The molecule has 0 saturated heterocycles. The number of hydrogen-bond donors (Lipinski definition) is 2. The van der Waals surface area contributed by atoms with Crippen LogP contribution in [0.4, 0.5) is 11.9 Å². The van der Waals surface area contributed by atoms with Crippen LogP contribution in [-0.2, 0) is 6.54 Å². The van der Waals surface area contributed by atoms with E-state index in [-0.39, 0.29) is 11.9 Å². The van der Waals surface area contributed by atoms with Crippen LogP contribution in [-0.4, -0.2) is 39.8 Å². The fourth-order valence-electron chi connectivity index (χ4n) is 1.89. The quantitative estimate of drug-likeness (QED) is 0.814. The van der Waals surface area contributed by atoms with Crippen LogP contribution in [0.25, 0.3) is 0 Å². The highest BCUT2D eigenvalue weighted by Crippen LogP contribution is 2.16. The van der Waals surface area contributed by atoms with Crippen LogP contribution in [0, 0.1) is 0 Å². The number of nitrogens with zero attached hydrogens (tertiary/aromatic N) is 4. The standard InChI is InChI=1S/C14H18ClN5O/c1-2-16-13-17-12(15)18-14(19-13)20(8-9-21)10-11-6-4-3-5-7-11/h3-7,21H,2,8-10H2,1H3,(H,16,17,18,19). The van der Waals surface area contributed by atoms with E-state index in [2.05, 4.69) is 20.3 Å². The molecule has 0 spiro atoms. The van der Waals surface area contributed by atoms with Gasteiger partial charge in [-0.1, -0.05) is 30.3 Å². The summed E-state index contributed by atoms with van der Waals surface area (Å²) in [4.78, 5) is 14.4. The minimum absolute atomic E-state index is 0.00662. The van der Waals surface area contributed by atoms with Crippen LogP contribution in [0.15, 0.2) is 30.3 Å². The van der Waals surface area contributed by atoms with Crippen LogP contribution in [0.5, 0.6) is 0 Å². The first-order valence-corrected chi connectivity index (χ1v) is 7.16. The molecule has 0 amide bonds. The zero-order chi connectivity index (χ0) is 15.1. The second-order valence-corrected chi connectivity index (χ2v) is 4.73. The van der Waals surface area contributed by atoms with Crippen molar-refractivity contribution in [3.05, 3.63) is 41.2 Å². The van der Waals surface area contributed by atoms with Gasteiger partial charge in [0.2, 0.25) is 17.2 Å². The minimum atomic E-state index is 0.00662. The molecule has 0 radical (unpaired) electrons. The van der Waals surface area contributed by atoms with Crippen molar-refractivity contribution in [2.24, 2.45) is 0 Å². The largest absolute Gasteiger partial charge is 0.395 e. The first-order valence-electron chi connectivity index (χ1n) is 6.78. The lowest BCUT2D eigenvalue weighted by molar-refractivity contribution is 0.300. The lowest BCUT2D eigenvalue weighted by atomic mass is 10.2. The van der Waals surface area contributed by atoms with E-state index in [4.69, 9.17) is 11.6 Å². The Balaban J connectivity index is 2.24. The Bertz CT molecular complexity index is 567. The molecule has 1 aromatic carbocycles. The van der Waals surface area contributed by atoms with Gasteiger partial charge in [-0.15, -0.1) is 0 Å². The van der Waals surface area contributed by atoms with E-state index < -0.39 is 0 Å². The van der Waals surface area contributed by atoms with Gasteiger partial charge in [-0.2, -0.15) is 15.0 Å². The molecule has 0 aliphatic carbocycles. The zero-order valence-electron chi connectivity index (χ0n) is 11.8. The number of nitrogens with one attached hydrogen (secondary N) is 1. The fourth-order valence-corrected chi connectivity index (χ4v) is 2.05. The molecule has 0 saturated carbocycles. The summed E-state index contributed by atoms with van der Waals surface area (Å²) in [5.41, 5.74) is 1.10. The SMILES string of the molecule is CCNc1nc(Cl)nc(N(CCO)Cc2ccccc2)n1. The van der Waals surface area contributed by atoms with E-state index in [1.807, 2.05) is 42.2 Å². The highest BCUT2D eigenvalue weighted by molar-refractivity contribution is 6.28. The number of aromatic nitrogens is 3. The summed E-state index contributed by atoms with van der Waals surface area (Å²) in [5.74, 6) is 0.882. The molecule has 1 aromatic heterocycles. The van der Waals surface area contributed by atoms with Gasteiger partial charge in [-0.25, -0.2) is 0 Å². The highest BCUT2D eigenvalue weighted by atomic mass is 35.5. The molecule has 2 aromatic rings. The molecule has 1 heterocycles. The number of anilines is 2. The first-order chi connectivity index (χ1) is 10.2. The smallest absolute Gasteiger partial charge is 0.231 e. The van der Waals surface area contributed by atoms with Crippen LogP contribution in [0.2, 0.25) is 5.28 Å². The van der Waals surface area contributed by atoms with Gasteiger partial charge in [0.05, 0.1) is 6.61 Å². The lowest BCUT2D eigenvalue weighted by Crippen LogP contribution is -2.28. The Hall–Kier alpha value is -1.92. The van der Waals surface area contributed by atoms with Crippen molar-refractivity contribution >= 4 is 23.5 Å². The Morgan fingerprint density at radius 3 is 2.62 bits per heavy atom. The average molecular weight is 308 g/mol. The van der Waals surface area contributed by atoms with Crippen LogP contribution in [0.3, 0.4) is 0 Å². The Morgan fingerprint density at radius 1 is 1.19 bits per heavy atom. The number of halogens is 1. The monoisotopic (exact) mass is 307 g/mol. The van der Waals surface area contributed by atoms with Crippen LogP contribution in [0.1, 0.15) is 12.5 Å². The summed E-state index contributed by atoms with van der Waals surface area (Å²) in [6, 6.07) is 9.92. The van der Waals surface area contributed by atoms with Crippen molar-refractivity contribution in [1.82, 2.24) is 15.0 Å². The van der Waals surface area contributed by atoms with Gasteiger partial charge in [-0.05, 0) is 24.1 Å². The molecule has 21 heavy (non-hydrogen) atoms. The minimum Gasteiger partial charge on any atom is -0.395 e. The number of aliphatic hydroxyl groups is 1. The van der Waals surface area contributed by atoms with Crippen molar-refractivity contribution in [3.63, 3.8) is 0 Å². The molecule has 0 bridgehead atoms. The molecule has 2 N–H and O–H groups in total. The maximum atomic E-state index is 9.26. The maximum Gasteiger partial charge on any atom is 0.231 e. The second kappa shape index (κ2) is 7.75. The van der Waals surface area contributed by atoms with Gasteiger partial charge < -0.3 is 15.3 Å². The number of hydrogen-bond acceptors (Lipinski definition) is 6. The molecule has 7 heteroatoms. The molecular weight excluding hydrogens is 290 g/mol. The second-order valence-electron chi connectivity index (χ2n) is 4.39. The van der Waals surface area contributed by atoms with Crippen molar-refractivity contribution in [2.75, 3.05) is 29.9 Å². The lowest BCUT2D eigenvalue weighted by Gasteiger charge is -2.22. The molecule has 0 atom stereocenters. The topological polar surface area (TPSA) is 74.2 Å². The van der Waals surface area contributed by atoms with Gasteiger partial charge in [0.1, 0.15) is 0 Å². The molecule has 0 fully saturated rings. The molecule has 0 aliphatic rings. The van der Waals surface area contributed by atoms with Gasteiger partial charge in [-0.3, -0.25) is 0 Å². The predicted octanol–water partition coefficient (Wildman–Crippen LogP) is 1.96. The van der Waals surface area contributed by atoms with Crippen molar-refractivity contribution in [2.45, 2.75) is 13.5 Å². The zero-order valence-corrected chi connectivity index (χ0v) is 12.6. The van der Waals surface area contributed by atoms with E-state index in [0.29, 0.717) is 31.5 Å². The predicted molar refractivity (Wildman–Crippen MR) is 83.6 cm³/mol. The molecule has 6 nitrogen and oxygen atoms in total. The van der Waals surface area contributed by atoms with Crippen molar-refractivity contribution in [1.29, 1.82) is 0 Å². The van der Waals surface area contributed by atoms with E-state index >= 15 is 0 Å². The van der Waals surface area contributed by atoms with Crippen molar-refractivity contribution in [3.8, 4) is 0 Å². The fraction of sp³-hybridized carbons (Fsp3) is 0.357. The van der Waals surface area contributed by atoms with E-state index in [1.54, 1.807) is 0 Å². The normalized spacial score (nSPS) is 10.4. The van der Waals surface area contributed by atoms with Gasteiger partial charge in [0, 0.05) is 19.6 Å². The van der Waals surface area contributed by atoms with Crippen LogP contribution < -0.4 is 10.2 Å². The van der Waals surface area contributed by atoms with Gasteiger partial charge in [0.25, 0.3) is 0 Å².